The lowest BCUT2D eigenvalue weighted by atomic mass is 10.0. The molecule has 19 heavy (non-hydrogen) atoms. The van der Waals surface area contributed by atoms with Gasteiger partial charge in [0.1, 0.15) is 5.82 Å². The minimum Gasteiger partial charge on any atom is -0.289 e. The van der Waals surface area contributed by atoms with Crippen molar-refractivity contribution in [3.8, 4) is 0 Å². The van der Waals surface area contributed by atoms with E-state index in [1.807, 2.05) is 0 Å². The smallest absolute Gasteiger partial charge is 0.289 e. The number of benzene rings is 2. The van der Waals surface area contributed by atoms with Crippen LogP contribution in [0.4, 0.5) is 17.6 Å². The zero-order valence-corrected chi connectivity index (χ0v) is 9.54. The molecule has 0 saturated carbocycles. The molecule has 0 aromatic heterocycles. The summed E-state index contributed by atoms with van der Waals surface area (Å²) in [4.78, 5) is 11.9. The number of carbonyl (C=O) groups is 1. The van der Waals surface area contributed by atoms with Crippen molar-refractivity contribution < 1.29 is 22.4 Å². The van der Waals surface area contributed by atoms with Crippen molar-refractivity contribution in [3.05, 3.63) is 71.0 Å². The summed E-state index contributed by atoms with van der Waals surface area (Å²) in [6, 6.07) is 9.56. The molecule has 0 amide bonds. The second-order valence-electron chi connectivity index (χ2n) is 3.92. The molecule has 98 valence electrons. The largest absolute Gasteiger partial charge is 0.416 e. The second-order valence-corrected chi connectivity index (χ2v) is 3.92. The first-order valence-electron chi connectivity index (χ1n) is 5.35. The minimum atomic E-state index is -4.69. The molecule has 0 heterocycles. The maximum Gasteiger partial charge on any atom is 0.416 e. The molecule has 0 fully saturated rings. The Bertz CT molecular complexity index is 603. The molecule has 0 atom stereocenters. The van der Waals surface area contributed by atoms with Crippen molar-refractivity contribution >= 4 is 5.78 Å². The van der Waals surface area contributed by atoms with E-state index in [-0.39, 0.29) is 11.1 Å². The van der Waals surface area contributed by atoms with Crippen LogP contribution in [0.5, 0.6) is 0 Å². The van der Waals surface area contributed by atoms with Gasteiger partial charge < -0.3 is 0 Å². The summed E-state index contributed by atoms with van der Waals surface area (Å²) >= 11 is 0. The Morgan fingerprint density at radius 1 is 0.895 bits per heavy atom. The average Bonchev–Trinajstić information content (AvgIpc) is 2.37. The van der Waals surface area contributed by atoms with E-state index in [0.29, 0.717) is 12.1 Å². The Morgan fingerprint density at radius 2 is 1.53 bits per heavy atom. The first kappa shape index (κ1) is 13.3. The first-order valence-corrected chi connectivity index (χ1v) is 5.35. The predicted octanol–water partition coefficient (Wildman–Crippen LogP) is 4.08. The lowest BCUT2D eigenvalue weighted by Gasteiger charge is -2.09. The van der Waals surface area contributed by atoms with Crippen molar-refractivity contribution in [3.63, 3.8) is 0 Å². The molecule has 0 unspecified atom stereocenters. The number of rotatable bonds is 2. The molecule has 0 spiro atoms. The third-order valence-corrected chi connectivity index (χ3v) is 2.52. The fraction of sp³-hybridized carbons (Fsp3) is 0.0714. The van der Waals surface area contributed by atoms with Gasteiger partial charge in [-0.05, 0) is 18.2 Å². The van der Waals surface area contributed by atoms with Crippen molar-refractivity contribution in [1.29, 1.82) is 0 Å². The monoisotopic (exact) mass is 268 g/mol. The van der Waals surface area contributed by atoms with Gasteiger partial charge in [0.05, 0.1) is 5.56 Å². The maximum atomic E-state index is 13.2. The topological polar surface area (TPSA) is 17.1 Å². The highest BCUT2D eigenvalue weighted by atomic mass is 19.4. The van der Waals surface area contributed by atoms with Crippen molar-refractivity contribution in [2.45, 2.75) is 6.18 Å². The zero-order chi connectivity index (χ0) is 14.0. The summed E-state index contributed by atoms with van der Waals surface area (Å²) in [5.41, 5.74) is -1.29. The van der Waals surface area contributed by atoms with Gasteiger partial charge in [0.15, 0.2) is 5.78 Å². The lowest BCUT2D eigenvalue weighted by Crippen LogP contribution is -2.09. The van der Waals surface area contributed by atoms with E-state index in [1.165, 1.54) is 12.1 Å². The molecular formula is C14H8F4O. The third-order valence-electron chi connectivity index (χ3n) is 2.52. The number of carbonyl (C=O) groups excluding carboxylic acids is 1. The Kier molecular flexibility index (Phi) is 3.38. The maximum absolute atomic E-state index is 13.2. The number of hydrogen-bond acceptors (Lipinski definition) is 1. The molecule has 0 aliphatic heterocycles. The molecule has 0 bridgehead atoms. The fourth-order valence-corrected chi connectivity index (χ4v) is 1.64. The van der Waals surface area contributed by atoms with Gasteiger partial charge in [0.2, 0.25) is 0 Å². The SMILES string of the molecule is O=C(c1ccccc1)c1cc(F)cc(C(F)(F)F)c1. The summed E-state index contributed by atoms with van der Waals surface area (Å²) in [6.07, 6.45) is -4.69. The van der Waals surface area contributed by atoms with Crippen LogP contribution in [0, 0.1) is 5.82 Å². The summed E-state index contributed by atoms with van der Waals surface area (Å²) in [7, 11) is 0. The molecule has 2 rings (SSSR count). The quantitative estimate of drug-likeness (QED) is 0.592. The Labute approximate surface area is 106 Å². The minimum absolute atomic E-state index is 0.209. The number of ketones is 1. The Balaban J connectivity index is 2.46. The second kappa shape index (κ2) is 4.84. The van der Waals surface area contributed by atoms with Crippen molar-refractivity contribution in [2.24, 2.45) is 0 Å². The molecule has 0 saturated heterocycles. The third kappa shape index (κ3) is 2.99. The van der Waals surface area contributed by atoms with Crippen LogP contribution in [-0.4, -0.2) is 5.78 Å². The van der Waals surface area contributed by atoms with Gasteiger partial charge in [-0.2, -0.15) is 13.2 Å². The highest BCUT2D eigenvalue weighted by molar-refractivity contribution is 6.09. The van der Waals surface area contributed by atoms with Gasteiger partial charge in [0.25, 0.3) is 0 Å². The van der Waals surface area contributed by atoms with Crippen LogP contribution in [-0.2, 0) is 6.18 Å². The molecule has 1 nitrogen and oxygen atoms in total. The summed E-state index contributed by atoms with van der Waals surface area (Å²) in [6.45, 7) is 0. The van der Waals surface area contributed by atoms with Crippen LogP contribution in [0.3, 0.4) is 0 Å². The fourth-order valence-electron chi connectivity index (χ4n) is 1.64. The van der Waals surface area contributed by atoms with Crippen LogP contribution in [0.2, 0.25) is 0 Å². The highest BCUT2D eigenvalue weighted by Crippen LogP contribution is 2.30. The van der Waals surface area contributed by atoms with E-state index in [1.54, 1.807) is 18.2 Å². The van der Waals surface area contributed by atoms with E-state index < -0.39 is 23.3 Å². The molecule has 0 radical (unpaired) electrons. The zero-order valence-electron chi connectivity index (χ0n) is 9.54. The Morgan fingerprint density at radius 3 is 2.11 bits per heavy atom. The van der Waals surface area contributed by atoms with Crippen LogP contribution >= 0.6 is 0 Å². The summed E-state index contributed by atoms with van der Waals surface area (Å²) in [5.74, 6) is -1.74. The van der Waals surface area contributed by atoms with Crippen LogP contribution in [0.15, 0.2) is 48.5 Å². The van der Waals surface area contributed by atoms with E-state index in [0.717, 1.165) is 6.07 Å². The number of alkyl halides is 3. The first-order chi connectivity index (χ1) is 8.88. The van der Waals surface area contributed by atoms with E-state index in [4.69, 9.17) is 0 Å². The van der Waals surface area contributed by atoms with Crippen LogP contribution in [0.1, 0.15) is 21.5 Å². The number of hydrogen-bond donors (Lipinski definition) is 0. The molecule has 0 N–H and O–H groups in total. The van der Waals surface area contributed by atoms with E-state index in [9.17, 15) is 22.4 Å². The predicted molar refractivity (Wildman–Crippen MR) is 61.3 cm³/mol. The molecule has 5 heteroatoms. The molecule has 2 aromatic carbocycles. The average molecular weight is 268 g/mol. The van der Waals surface area contributed by atoms with E-state index in [2.05, 4.69) is 0 Å². The van der Waals surface area contributed by atoms with E-state index >= 15 is 0 Å². The van der Waals surface area contributed by atoms with Gasteiger partial charge in [-0.25, -0.2) is 4.39 Å². The summed E-state index contributed by atoms with van der Waals surface area (Å²) < 4.78 is 50.8. The molecule has 2 aromatic rings. The normalized spacial score (nSPS) is 11.4. The molecule has 0 aliphatic carbocycles. The lowest BCUT2D eigenvalue weighted by molar-refractivity contribution is -0.137. The molecular weight excluding hydrogens is 260 g/mol. The van der Waals surface area contributed by atoms with Crippen LogP contribution in [0.25, 0.3) is 0 Å². The van der Waals surface area contributed by atoms with Gasteiger partial charge in [-0.3, -0.25) is 4.79 Å². The van der Waals surface area contributed by atoms with Gasteiger partial charge >= 0.3 is 6.18 Å². The van der Waals surface area contributed by atoms with Gasteiger partial charge in [-0.1, -0.05) is 30.3 Å². The molecule has 0 aliphatic rings. The van der Waals surface area contributed by atoms with Gasteiger partial charge in [-0.15, -0.1) is 0 Å². The Hall–Kier alpha value is -2.17. The van der Waals surface area contributed by atoms with Crippen molar-refractivity contribution in [1.82, 2.24) is 0 Å². The van der Waals surface area contributed by atoms with Gasteiger partial charge in [0, 0.05) is 11.1 Å². The highest BCUT2D eigenvalue weighted by Gasteiger charge is 2.32. The van der Waals surface area contributed by atoms with Crippen molar-refractivity contribution in [2.75, 3.05) is 0 Å². The number of halogens is 4. The van der Waals surface area contributed by atoms with Crippen LogP contribution < -0.4 is 0 Å². The summed E-state index contributed by atoms with van der Waals surface area (Å²) in [5, 5.41) is 0. The standard InChI is InChI=1S/C14H8F4O/c15-12-7-10(6-11(8-12)14(16,17)18)13(19)9-4-2-1-3-5-9/h1-8H.